The van der Waals surface area contributed by atoms with Crippen molar-refractivity contribution in [2.45, 2.75) is 18.2 Å². The molecule has 0 aliphatic heterocycles. The average Bonchev–Trinajstić information content (AvgIpc) is 2.34. The third kappa shape index (κ3) is 4.33. The molecule has 0 radical (unpaired) electrons. The zero-order valence-electron chi connectivity index (χ0n) is 9.51. The van der Waals surface area contributed by atoms with E-state index in [1.807, 2.05) is 24.3 Å². The molecule has 88 valence electrons. The first-order valence-corrected chi connectivity index (χ1v) is 6.24. The first kappa shape index (κ1) is 13.3. The van der Waals surface area contributed by atoms with Gasteiger partial charge in [-0.2, -0.15) is 5.26 Å². The highest BCUT2D eigenvalue weighted by molar-refractivity contribution is 7.99. The third-order valence-corrected chi connectivity index (χ3v) is 3.23. The van der Waals surface area contributed by atoms with Gasteiger partial charge in [-0.1, -0.05) is 19.1 Å². The largest absolute Gasteiger partial charge is 0.477 e. The van der Waals surface area contributed by atoms with Crippen LogP contribution in [0.25, 0.3) is 6.08 Å². The fourth-order valence-corrected chi connectivity index (χ4v) is 1.96. The molecule has 0 saturated heterocycles. The SMILES string of the molecule is CCCSc1ccc(C=C(C#N)C(=O)O)cc1. The minimum atomic E-state index is -1.20. The second kappa shape index (κ2) is 6.77. The molecule has 3 nitrogen and oxygen atoms in total. The minimum absolute atomic E-state index is 0.251. The Bertz CT molecular complexity index is 457. The summed E-state index contributed by atoms with van der Waals surface area (Å²) in [7, 11) is 0. The Balaban J connectivity index is 2.81. The molecule has 0 aliphatic carbocycles. The van der Waals surface area contributed by atoms with Crippen molar-refractivity contribution in [1.82, 2.24) is 0 Å². The summed E-state index contributed by atoms with van der Waals surface area (Å²) < 4.78 is 0. The van der Waals surface area contributed by atoms with E-state index in [9.17, 15) is 4.79 Å². The van der Waals surface area contributed by atoms with Gasteiger partial charge in [0.1, 0.15) is 11.6 Å². The summed E-state index contributed by atoms with van der Waals surface area (Å²) in [5.74, 6) is -0.134. The van der Waals surface area contributed by atoms with Gasteiger partial charge in [0.2, 0.25) is 0 Å². The Kier molecular flexibility index (Phi) is 5.31. The zero-order valence-corrected chi connectivity index (χ0v) is 10.3. The topological polar surface area (TPSA) is 61.1 Å². The summed E-state index contributed by atoms with van der Waals surface area (Å²) in [6.45, 7) is 2.12. The molecule has 0 heterocycles. The molecule has 0 fully saturated rings. The van der Waals surface area contributed by atoms with Gasteiger partial charge in [0.05, 0.1) is 0 Å². The molecule has 17 heavy (non-hydrogen) atoms. The lowest BCUT2D eigenvalue weighted by molar-refractivity contribution is -0.132. The van der Waals surface area contributed by atoms with Crippen molar-refractivity contribution in [3.63, 3.8) is 0 Å². The van der Waals surface area contributed by atoms with Crippen LogP contribution in [-0.4, -0.2) is 16.8 Å². The fourth-order valence-electron chi connectivity index (χ4n) is 1.19. The maximum Gasteiger partial charge on any atom is 0.346 e. The highest BCUT2D eigenvalue weighted by atomic mass is 32.2. The summed E-state index contributed by atoms with van der Waals surface area (Å²) in [6.07, 6.45) is 2.49. The Labute approximate surface area is 105 Å². The molecule has 1 aromatic rings. The van der Waals surface area contributed by atoms with E-state index < -0.39 is 5.97 Å². The molecule has 4 heteroatoms. The Hall–Kier alpha value is -1.73. The van der Waals surface area contributed by atoms with E-state index in [0.29, 0.717) is 0 Å². The Morgan fingerprint density at radius 1 is 1.47 bits per heavy atom. The van der Waals surface area contributed by atoms with Crippen LogP contribution in [0.5, 0.6) is 0 Å². The molecule has 1 rings (SSSR count). The van der Waals surface area contributed by atoms with Crippen LogP contribution in [0.3, 0.4) is 0 Å². The summed E-state index contributed by atoms with van der Waals surface area (Å²) in [6, 6.07) is 9.16. The number of hydrogen-bond acceptors (Lipinski definition) is 3. The highest BCUT2D eigenvalue weighted by Crippen LogP contribution is 2.19. The predicted octanol–water partition coefficient (Wildman–Crippen LogP) is 3.18. The van der Waals surface area contributed by atoms with Gasteiger partial charge < -0.3 is 5.11 Å². The molecule has 1 aromatic carbocycles. The van der Waals surface area contributed by atoms with Crippen LogP contribution in [0.15, 0.2) is 34.7 Å². The van der Waals surface area contributed by atoms with E-state index in [-0.39, 0.29) is 5.57 Å². The molecule has 0 amide bonds. The number of hydrogen-bond donors (Lipinski definition) is 1. The van der Waals surface area contributed by atoms with Gasteiger partial charge in [0.25, 0.3) is 0 Å². The molecule has 0 unspecified atom stereocenters. The first-order chi connectivity index (χ1) is 8.17. The number of nitriles is 1. The molecule has 0 saturated carbocycles. The lowest BCUT2D eigenvalue weighted by Crippen LogP contribution is -1.97. The van der Waals surface area contributed by atoms with Crippen molar-refractivity contribution in [1.29, 1.82) is 5.26 Å². The average molecular weight is 247 g/mol. The van der Waals surface area contributed by atoms with Crippen LogP contribution >= 0.6 is 11.8 Å². The quantitative estimate of drug-likeness (QED) is 0.493. The van der Waals surface area contributed by atoms with Gasteiger partial charge in [0.15, 0.2) is 0 Å². The lowest BCUT2D eigenvalue weighted by Gasteiger charge is -2.00. The summed E-state index contributed by atoms with van der Waals surface area (Å²) in [4.78, 5) is 11.8. The standard InChI is InChI=1S/C13H13NO2S/c1-2-7-17-12-5-3-10(4-6-12)8-11(9-14)13(15)16/h3-6,8H,2,7H2,1H3,(H,15,16). The molecule has 0 bridgehead atoms. The van der Waals surface area contributed by atoms with Crippen molar-refractivity contribution in [3.8, 4) is 6.07 Å². The van der Waals surface area contributed by atoms with Crippen molar-refractivity contribution < 1.29 is 9.90 Å². The number of carboxylic acids is 1. The highest BCUT2D eigenvalue weighted by Gasteiger charge is 2.05. The van der Waals surface area contributed by atoms with E-state index in [1.165, 1.54) is 6.08 Å². The summed E-state index contributed by atoms with van der Waals surface area (Å²) in [5, 5.41) is 17.3. The molecule has 1 N–H and O–H groups in total. The van der Waals surface area contributed by atoms with Crippen LogP contribution in [0.1, 0.15) is 18.9 Å². The minimum Gasteiger partial charge on any atom is -0.477 e. The lowest BCUT2D eigenvalue weighted by atomic mass is 10.1. The number of nitrogens with zero attached hydrogens (tertiary/aromatic N) is 1. The zero-order chi connectivity index (χ0) is 12.7. The maximum atomic E-state index is 10.6. The van der Waals surface area contributed by atoms with Gasteiger partial charge in [-0.05, 0) is 35.9 Å². The van der Waals surface area contributed by atoms with Crippen LogP contribution in [0.2, 0.25) is 0 Å². The molecule has 0 spiro atoms. The second-order valence-electron chi connectivity index (χ2n) is 3.39. The Morgan fingerprint density at radius 2 is 2.12 bits per heavy atom. The van der Waals surface area contributed by atoms with Crippen LogP contribution in [0, 0.1) is 11.3 Å². The number of carboxylic acid groups (broad SMARTS) is 1. The van der Waals surface area contributed by atoms with E-state index >= 15 is 0 Å². The Morgan fingerprint density at radius 3 is 2.59 bits per heavy atom. The molecular formula is C13H13NO2S. The number of aliphatic carboxylic acids is 1. The van der Waals surface area contributed by atoms with Gasteiger partial charge in [-0.15, -0.1) is 11.8 Å². The first-order valence-electron chi connectivity index (χ1n) is 5.25. The summed E-state index contributed by atoms with van der Waals surface area (Å²) >= 11 is 1.76. The van der Waals surface area contributed by atoms with Crippen LogP contribution in [-0.2, 0) is 4.79 Å². The van der Waals surface area contributed by atoms with Crippen LogP contribution in [0.4, 0.5) is 0 Å². The molecule has 0 aliphatic rings. The monoisotopic (exact) mass is 247 g/mol. The molecular weight excluding hydrogens is 234 g/mol. The normalized spacial score (nSPS) is 10.9. The van der Waals surface area contributed by atoms with Gasteiger partial charge in [-0.25, -0.2) is 4.79 Å². The van der Waals surface area contributed by atoms with E-state index in [2.05, 4.69) is 6.92 Å². The number of benzene rings is 1. The summed E-state index contributed by atoms with van der Waals surface area (Å²) in [5.41, 5.74) is 0.476. The van der Waals surface area contributed by atoms with Crippen molar-refractivity contribution >= 4 is 23.8 Å². The van der Waals surface area contributed by atoms with Gasteiger partial charge in [-0.3, -0.25) is 0 Å². The van der Waals surface area contributed by atoms with Crippen molar-refractivity contribution in [2.75, 3.05) is 5.75 Å². The second-order valence-corrected chi connectivity index (χ2v) is 4.56. The molecule has 0 atom stereocenters. The van der Waals surface area contributed by atoms with Gasteiger partial charge in [0, 0.05) is 4.90 Å². The van der Waals surface area contributed by atoms with Crippen molar-refractivity contribution in [3.05, 3.63) is 35.4 Å². The number of carbonyl (C=O) groups is 1. The predicted molar refractivity (Wildman–Crippen MR) is 68.7 cm³/mol. The third-order valence-electron chi connectivity index (χ3n) is 2.01. The van der Waals surface area contributed by atoms with E-state index in [4.69, 9.17) is 10.4 Å². The van der Waals surface area contributed by atoms with Crippen LogP contribution < -0.4 is 0 Å². The van der Waals surface area contributed by atoms with E-state index in [1.54, 1.807) is 17.8 Å². The smallest absolute Gasteiger partial charge is 0.346 e. The number of rotatable bonds is 5. The maximum absolute atomic E-state index is 10.6. The number of thioether (sulfide) groups is 1. The van der Waals surface area contributed by atoms with Gasteiger partial charge >= 0.3 is 5.97 Å². The fraction of sp³-hybridized carbons (Fsp3) is 0.231. The molecule has 0 aromatic heterocycles. The van der Waals surface area contributed by atoms with Crippen molar-refractivity contribution in [2.24, 2.45) is 0 Å². The van der Waals surface area contributed by atoms with E-state index in [0.717, 1.165) is 22.6 Å².